The minimum atomic E-state index is -0.237. The van der Waals surface area contributed by atoms with Gasteiger partial charge in [-0.05, 0) is 42.0 Å². The van der Waals surface area contributed by atoms with Gasteiger partial charge in [-0.3, -0.25) is 4.79 Å². The first kappa shape index (κ1) is 21.1. The molecule has 0 saturated carbocycles. The van der Waals surface area contributed by atoms with Gasteiger partial charge >= 0.3 is 0 Å². The average molecular weight is 434 g/mol. The first-order valence-corrected chi connectivity index (χ1v) is 9.75. The van der Waals surface area contributed by atoms with Crippen molar-refractivity contribution in [3.8, 4) is 51.2 Å². The van der Waals surface area contributed by atoms with E-state index in [1.54, 1.807) is 55.6 Å². The maximum atomic E-state index is 13.7. The molecule has 0 unspecified atom stereocenters. The van der Waals surface area contributed by atoms with Gasteiger partial charge < -0.3 is 28.5 Å². The molecule has 0 aliphatic rings. The van der Waals surface area contributed by atoms with Gasteiger partial charge in [-0.15, -0.1) is 0 Å². The lowest BCUT2D eigenvalue weighted by molar-refractivity contribution is 0.355. The van der Waals surface area contributed by atoms with E-state index in [1.807, 2.05) is 0 Å². The molecule has 0 aliphatic heterocycles. The minimum absolute atomic E-state index is 0.0169. The minimum Gasteiger partial charge on any atom is -0.504 e. The first-order valence-electron chi connectivity index (χ1n) is 9.75. The highest BCUT2D eigenvalue weighted by atomic mass is 16.5. The molecule has 3 aromatic carbocycles. The van der Waals surface area contributed by atoms with Crippen LogP contribution in [0.3, 0.4) is 0 Å². The fourth-order valence-electron chi connectivity index (χ4n) is 3.56. The van der Waals surface area contributed by atoms with Crippen molar-refractivity contribution in [2.24, 2.45) is 0 Å². The summed E-state index contributed by atoms with van der Waals surface area (Å²) >= 11 is 0. The summed E-state index contributed by atoms with van der Waals surface area (Å²) in [4.78, 5) is 13.7. The Morgan fingerprint density at radius 1 is 0.719 bits per heavy atom. The van der Waals surface area contributed by atoms with Gasteiger partial charge in [0.2, 0.25) is 5.43 Å². The monoisotopic (exact) mass is 434 g/mol. The highest BCUT2D eigenvalue weighted by molar-refractivity contribution is 5.91. The molecule has 0 amide bonds. The number of hydrogen-bond donors (Lipinski definition) is 1. The number of phenolic OH excluding ortho intramolecular Hbond substituents is 1. The van der Waals surface area contributed by atoms with Crippen molar-refractivity contribution < 1.29 is 28.5 Å². The Bertz CT molecular complexity index is 1340. The zero-order chi connectivity index (χ0) is 22.8. The maximum absolute atomic E-state index is 13.7. The molecule has 1 N–H and O–H groups in total. The second-order valence-electron chi connectivity index (χ2n) is 6.95. The highest BCUT2D eigenvalue weighted by Gasteiger charge is 2.21. The average Bonchev–Trinajstić information content (AvgIpc) is 2.83. The van der Waals surface area contributed by atoms with E-state index >= 15 is 0 Å². The fraction of sp³-hybridized carbons (Fsp3) is 0.160. The number of fused-ring (bicyclic) bond motifs is 1. The molecule has 0 fully saturated rings. The zero-order valence-electron chi connectivity index (χ0n) is 18.1. The Kier molecular flexibility index (Phi) is 5.64. The van der Waals surface area contributed by atoms with Gasteiger partial charge in [0.1, 0.15) is 17.1 Å². The van der Waals surface area contributed by atoms with Crippen molar-refractivity contribution in [3.63, 3.8) is 0 Å². The number of ether oxygens (including phenoxy) is 4. The predicted molar refractivity (Wildman–Crippen MR) is 121 cm³/mol. The summed E-state index contributed by atoms with van der Waals surface area (Å²) in [5.41, 5.74) is 1.68. The molecule has 1 aromatic heterocycles. The lowest BCUT2D eigenvalue weighted by Gasteiger charge is -2.14. The summed E-state index contributed by atoms with van der Waals surface area (Å²) in [6, 6.07) is 15.1. The summed E-state index contributed by atoms with van der Waals surface area (Å²) in [5.74, 6) is 2.10. The fourth-order valence-corrected chi connectivity index (χ4v) is 3.56. The number of phenols is 1. The van der Waals surface area contributed by atoms with Crippen LogP contribution in [0.2, 0.25) is 0 Å². The molecular formula is C25H22O7. The zero-order valence-corrected chi connectivity index (χ0v) is 18.1. The van der Waals surface area contributed by atoms with Crippen LogP contribution in [-0.2, 0) is 0 Å². The summed E-state index contributed by atoms with van der Waals surface area (Å²) in [5, 5.41) is 10.4. The molecule has 4 rings (SSSR count). The topological polar surface area (TPSA) is 87.4 Å². The van der Waals surface area contributed by atoms with Gasteiger partial charge in [-0.1, -0.05) is 12.1 Å². The Morgan fingerprint density at radius 3 is 1.97 bits per heavy atom. The third kappa shape index (κ3) is 3.58. The van der Waals surface area contributed by atoms with Gasteiger partial charge in [-0.2, -0.15) is 0 Å². The molecule has 0 saturated heterocycles. The van der Waals surface area contributed by atoms with Crippen molar-refractivity contribution >= 4 is 11.0 Å². The van der Waals surface area contributed by atoms with E-state index in [9.17, 15) is 9.90 Å². The van der Waals surface area contributed by atoms with Gasteiger partial charge in [0, 0.05) is 11.6 Å². The number of rotatable bonds is 6. The van der Waals surface area contributed by atoms with E-state index in [0.717, 1.165) is 0 Å². The van der Waals surface area contributed by atoms with Crippen LogP contribution in [0.4, 0.5) is 0 Å². The maximum Gasteiger partial charge on any atom is 0.201 e. The van der Waals surface area contributed by atoms with E-state index in [1.165, 1.54) is 27.4 Å². The summed E-state index contributed by atoms with van der Waals surface area (Å²) in [6.45, 7) is 0. The smallest absolute Gasteiger partial charge is 0.201 e. The number of methoxy groups -OCH3 is 4. The Balaban J connectivity index is 2.08. The van der Waals surface area contributed by atoms with Crippen molar-refractivity contribution in [2.75, 3.05) is 28.4 Å². The van der Waals surface area contributed by atoms with Crippen LogP contribution < -0.4 is 24.4 Å². The van der Waals surface area contributed by atoms with Gasteiger partial charge in [0.05, 0.1) is 39.4 Å². The Labute approximate surface area is 184 Å². The SMILES string of the molecule is COc1ccc(-c2c(-c3ccc(O)c(OC)c3)oc3cc(OC)c(OC)cc3c2=O)cc1. The van der Waals surface area contributed by atoms with Crippen LogP contribution in [0, 0.1) is 0 Å². The lowest BCUT2D eigenvalue weighted by atomic mass is 9.98. The molecule has 4 aromatic rings. The molecule has 164 valence electrons. The molecule has 1 heterocycles. The van der Waals surface area contributed by atoms with Crippen LogP contribution >= 0.6 is 0 Å². The molecule has 0 bridgehead atoms. The van der Waals surface area contributed by atoms with Gasteiger partial charge in [-0.25, -0.2) is 0 Å². The molecule has 0 atom stereocenters. The van der Waals surface area contributed by atoms with E-state index in [-0.39, 0.29) is 16.9 Å². The molecule has 0 aliphatic carbocycles. The van der Waals surface area contributed by atoms with Crippen LogP contribution in [0.5, 0.6) is 28.7 Å². The largest absolute Gasteiger partial charge is 0.504 e. The van der Waals surface area contributed by atoms with Crippen molar-refractivity contribution in [1.29, 1.82) is 0 Å². The van der Waals surface area contributed by atoms with Crippen LogP contribution in [0.1, 0.15) is 0 Å². The number of hydrogen-bond acceptors (Lipinski definition) is 7. The van der Waals surface area contributed by atoms with E-state index in [0.29, 0.717) is 50.7 Å². The second-order valence-corrected chi connectivity index (χ2v) is 6.95. The quantitative estimate of drug-likeness (QED) is 0.463. The predicted octanol–water partition coefficient (Wildman–Crippen LogP) is 4.87. The standard InChI is InChI=1S/C25H22O7/c1-28-16-8-5-14(6-9-16)23-24(27)17-12-21(30-3)22(31-4)13-19(17)32-25(23)15-7-10-18(26)20(11-15)29-2/h5-13,26H,1-4H3. The Morgan fingerprint density at radius 2 is 1.34 bits per heavy atom. The van der Waals surface area contributed by atoms with Crippen molar-refractivity contribution in [2.45, 2.75) is 0 Å². The first-order chi connectivity index (χ1) is 15.5. The number of aromatic hydroxyl groups is 1. The van der Waals surface area contributed by atoms with Crippen LogP contribution in [-0.4, -0.2) is 33.5 Å². The van der Waals surface area contributed by atoms with Gasteiger partial charge in [0.15, 0.2) is 23.0 Å². The highest BCUT2D eigenvalue weighted by Crippen LogP contribution is 2.39. The van der Waals surface area contributed by atoms with Crippen molar-refractivity contribution in [1.82, 2.24) is 0 Å². The van der Waals surface area contributed by atoms with Crippen molar-refractivity contribution in [3.05, 3.63) is 64.8 Å². The third-order valence-electron chi connectivity index (χ3n) is 5.22. The molecular weight excluding hydrogens is 412 g/mol. The second kappa shape index (κ2) is 8.55. The molecule has 32 heavy (non-hydrogen) atoms. The normalized spacial score (nSPS) is 10.8. The summed E-state index contributed by atoms with van der Waals surface area (Å²) in [7, 11) is 6.05. The summed E-state index contributed by atoms with van der Waals surface area (Å²) < 4.78 is 27.5. The molecule has 7 heteroatoms. The Hall–Kier alpha value is -4.13. The van der Waals surface area contributed by atoms with E-state index in [4.69, 9.17) is 23.4 Å². The third-order valence-corrected chi connectivity index (χ3v) is 5.22. The van der Waals surface area contributed by atoms with Crippen LogP contribution in [0.15, 0.2) is 63.8 Å². The molecule has 0 spiro atoms. The van der Waals surface area contributed by atoms with Gasteiger partial charge in [0.25, 0.3) is 0 Å². The molecule has 0 radical (unpaired) electrons. The number of benzene rings is 3. The molecule has 7 nitrogen and oxygen atoms in total. The van der Waals surface area contributed by atoms with Crippen LogP contribution in [0.25, 0.3) is 33.4 Å². The lowest BCUT2D eigenvalue weighted by Crippen LogP contribution is -2.08. The van der Waals surface area contributed by atoms with E-state index in [2.05, 4.69) is 0 Å². The summed E-state index contributed by atoms with van der Waals surface area (Å²) in [6.07, 6.45) is 0. The van der Waals surface area contributed by atoms with E-state index < -0.39 is 0 Å².